The van der Waals surface area contributed by atoms with Crippen LogP contribution in [0, 0.1) is 28.6 Å². The number of nitrogens with zero attached hydrogens (tertiary/aromatic N) is 2. The number of carbonyl (C=O) groups excluding carboxylic acids is 3. The van der Waals surface area contributed by atoms with E-state index in [1.54, 1.807) is 42.9 Å². The van der Waals surface area contributed by atoms with Crippen molar-refractivity contribution >= 4 is 34.8 Å². The predicted molar refractivity (Wildman–Crippen MR) is 173 cm³/mol. The molecule has 12 heteroatoms. The van der Waals surface area contributed by atoms with Crippen LogP contribution in [0.4, 0.5) is 8.78 Å². The minimum absolute atomic E-state index is 0.130. The molecule has 254 valence electrons. The zero-order valence-electron chi connectivity index (χ0n) is 27.5. The molecule has 2 N–H and O–H groups in total. The van der Waals surface area contributed by atoms with Crippen LogP contribution in [0.25, 0.3) is 11.8 Å². The van der Waals surface area contributed by atoms with Gasteiger partial charge in [0.05, 0.1) is 23.7 Å². The predicted octanol–water partition coefficient (Wildman–Crippen LogP) is 5.23. The highest BCUT2D eigenvalue weighted by Crippen LogP contribution is 2.72. The molecule has 0 radical (unpaired) electrons. The highest BCUT2D eigenvalue weighted by Gasteiger charge is 2.77. The van der Waals surface area contributed by atoms with Crippen molar-refractivity contribution in [2.45, 2.75) is 77.2 Å². The summed E-state index contributed by atoms with van der Waals surface area (Å²) in [5.41, 5.74) is -2.26. The van der Waals surface area contributed by atoms with Crippen molar-refractivity contribution in [3.05, 3.63) is 52.9 Å². The van der Waals surface area contributed by atoms with Gasteiger partial charge < -0.3 is 19.9 Å². The summed E-state index contributed by atoms with van der Waals surface area (Å²) >= 11 is 0.450. The Labute approximate surface area is 277 Å². The second kappa shape index (κ2) is 12.1. The topological polar surface area (TPSA) is 120 Å². The summed E-state index contributed by atoms with van der Waals surface area (Å²) in [6.45, 7) is 7.45. The number of allylic oxidation sites excluding steroid dienone is 1. The van der Waals surface area contributed by atoms with Gasteiger partial charge in [-0.2, -0.15) is 5.10 Å². The van der Waals surface area contributed by atoms with Gasteiger partial charge in [0.1, 0.15) is 18.3 Å². The van der Waals surface area contributed by atoms with Crippen LogP contribution in [0.2, 0.25) is 0 Å². The van der Waals surface area contributed by atoms with Crippen LogP contribution in [0.5, 0.6) is 0 Å². The highest BCUT2D eigenvalue weighted by molar-refractivity contribution is 8.13. The number of thioether (sulfide) groups is 1. The first-order valence-corrected chi connectivity index (χ1v) is 17.3. The summed E-state index contributed by atoms with van der Waals surface area (Å²) in [7, 11) is 1.34. The highest BCUT2D eigenvalue weighted by atomic mass is 32.2. The molecule has 0 unspecified atom stereocenters. The molecule has 0 saturated heterocycles. The van der Waals surface area contributed by atoms with E-state index in [1.807, 2.05) is 26.0 Å². The number of esters is 1. The van der Waals surface area contributed by atoms with Crippen LogP contribution in [0.1, 0.15) is 75.0 Å². The third kappa shape index (κ3) is 4.75. The number of rotatable bonds is 8. The van der Waals surface area contributed by atoms with E-state index in [4.69, 9.17) is 9.47 Å². The van der Waals surface area contributed by atoms with Crippen LogP contribution in [-0.4, -0.2) is 75.5 Å². The van der Waals surface area contributed by atoms with Gasteiger partial charge in [0.25, 0.3) is 5.91 Å². The van der Waals surface area contributed by atoms with Gasteiger partial charge in [-0.15, -0.1) is 0 Å². The van der Waals surface area contributed by atoms with Gasteiger partial charge in [0.15, 0.2) is 5.60 Å². The molecule has 2 aromatic rings. The third-order valence-electron chi connectivity index (χ3n) is 11.8. The molecule has 0 spiro atoms. The van der Waals surface area contributed by atoms with E-state index in [2.05, 4.69) is 10.4 Å². The fourth-order valence-corrected chi connectivity index (χ4v) is 10.6. The van der Waals surface area contributed by atoms with Crippen LogP contribution < -0.4 is 5.32 Å². The zero-order chi connectivity index (χ0) is 33.9. The van der Waals surface area contributed by atoms with E-state index in [9.17, 15) is 23.9 Å². The molecule has 47 heavy (non-hydrogen) atoms. The van der Waals surface area contributed by atoms with E-state index in [0.29, 0.717) is 55.2 Å². The second-order valence-corrected chi connectivity index (χ2v) is 14.9. The minimum atomic E-state index is -2.05. The number of ether oxygens (including phenoxy) is 2. The van der Waals surface area contributed by atoms with E-state index < -0.39 is 63.0 Å². The van der Waals surface area contributed by atoms with Crippen LogP contribution in [0.15, 0.2) is 36.0 Å². The SMILES string of the molecule is CCNC(=O)c1cccc(-n2ncc3c2C=C2CC[C@H]4[C@@H]5C[C@@H](C)[C@](OC(=O)COC)(C(=O)SCF)[C@@]5(C)C[C@H](O)[C@]4(F)[C@@]2(C)C3)c1. The largest absolute Gasteiger partial charge is 0.447 e. The number of benzene rings is 1. The summed E-state index contributed by atoms with van der Waals surface area (Å²) in [6, 6.07) is 6.20. The Hall–Kier alpha value is -3.09. The number of alkyl halides is 2. The maximum atomic E-state index is 18.2. The zero-order valence-corrected chi connectivity index (χ0v) is 28.3. The molecule has 1 heterocycles. The number of amides is 1. The summed E-state index contributed by atoms with van der Waals surface area (Å²) in [5, 5.41) is 18.8. The van der Waals surface area contributed by atoms with Crippen LogP contribution in [0.3, 0.4) is 0 Å². The lowest BCUT2D eigenvalue weighted by molar-refractivity contribution is -0.231. The number of fused-ring (bicyclic) bond motifs is 6. The molecule has 4 aliphatic carbocycles. The number of methoxy groups -OCH3 is 1. The second-order valence-electron chi connectivity index (χ2n) is 14.0. The van der Waals surface area contributed by atoms with Crippen LogP contribution >= 0.6 is 11.8 Å². The molecular weight excluding hydrogens is 628 g/mol. The summed E-state index contributed by atoms with van der Waals surface area (Å²) in [5.74, 6) is -2.52. The number of aromatic nitrogens is 2. The van der Waals surface area contributed by atoms with Gasteiger partial charge in [-0.25, -0.2) is 18.3 Å². The number of carbonyl (C=O) groups is 3. The molecule has 3 fully saturated rings. The molecule has 1 amide bonds. The smallest absolute Gasteiger partial charge is 0.333 e. The van der Waals surface area contributed by atoms with E-state index in [-0.39, 0.29) is 18.9 Å². The Morgan fingerprint density at radius 2 is 2.00 bits per heavy atom. The lowest BCUT2D eigenvalue weighted by Crippen LogP contribution is -2.70. The van der Waals surface area contributed by atoms with Gasteiger partial charge >= 0.3 is 5.97 Å². The van der Waals surface area contributed by atoms with Crippen molar-refractivity contribution in [1.82, 2.24) is 15.1 Å². The van der Waals surface area contributed by atoms with E-state index >= 15 is 4.39 Å². The molecule has 6 rings (SSSR count). The maximum Gasteiger partial charge on any atom is 0.333 e. The lowest BCUT2D eigenvalue weighted by atomic mass is 9.44. The van der Waals surface area contributed by atoms with Crippen molar-refractivity contribution in [2.75, 3.05) is 26.3 Å². The monoisotopic (exact) mass is 671 g/mol. The minimum Gasteiger partial charge on any atom is -0.447 e. The average Bonchev–Trinajstić information content (AvgIpc) is 3.52. The Morgan fingerprint density at radius 1 is 1.23 bits per heavy atom. The fourth-order valence-electron chi connectivity index (χ4n) is 9.80. The van der Waals surface area contributed by atoms with Gasteiger partial charge in [-0.3, -0.25) is 9.59 Å². The molecule has 0 bridgehead atoms. The molecule has 9 nitrogen and oxygen atoms in total. The quantitative estimate of drug-likeness (QED) is 0.367. The van der Waals surface area contributed by atoms with Crippen LogP contribution in [-0.2, 0) is 25.5 Å². The number of aliphatic hydroxyl groups excluding tert-OH is 1. The molecule has 4 aliphatic rings. The number of hydrogen-bond acceptors (Lipinski definition) is 8. The van der Waals surface area contributed by atoms with Gasteiger partial charge in [0, 0.05) is 41.9 Å². The number of halogens is 2. The fraction of sp³-hybridized carbons (Fsp3) is 0.600. The van der Waals surface area contributed by atoms with Gasteiger partial charge in [0.2, 0.25) is 5.12 Å². The molecule has 3 saturated carbocycles. The van der Waals surface area contributed by atoms with E-state index in [0.717, 1.165) is 16.8 Å². The standard InChI is InChI=1S/C35H43F2N3O6S/c1-6-38-30(43)21-8-7-9-24(13-21)40-27-14-23-10-11-25-26-12-20(2)35(31(44)47-19-36,46-29(42)18-45-5)33(26,4)16-28(41)34(25,37)32(23,3)15-22(27)17-39-40/h7-9,13-14,17,20,25-26,28,41H,6,10-12,15-16,18-19H2,1-5H3,(H,38,43)/t20-,25+,26+,28+,32+,33+,34+,35+/m1/s1. The number of nitrogens with one attached hydrogen (secondary N) is 1. The molecule has 8 atom stereocenters. The summed E-state index contributed by atoms with van der Waals surface area (Å²) in [4.78, 5) is 39.1. The molecule has 1 aromatic carbocycles. The Balaban J connectivity index is 1.38. The van der Waals surface area contributed by atoms with Crippen molar-refractivity contribution in [3.63, 3.8) is 0 Å². The molecule has 0 aliphatic heterocycles. The third-order valence-corrected chi connectivity index (χ3v) is 12.5. The van der Waals surface area contributed by atoms with Gasteiger partial charge in [-0.05, 0) is 86.5 Å². The Kier molecular flexibility index (Phi) is 8.70. The summed E-state index contributed by atoms with van der Waals surface area (Å²) < 4.78 is 44.6. The maximum absolute atomic E-state index is 18.2. The lowest BCUT2D eigenvalue weighted by Gasteiger charge is -2.63. The van der Waals surface area contributed by atoms with Crippen molar-refractivity contribution in [3.8, 4) is 5.69 Å². The first-order chi connectivity index (χ1) is 22.3. The van der Waals surface area contributed by atoms with Crippen molar-refractivity contribution in [2.24, 2.45) is 28.6 Å². The first-order valence-electron chi connectivity index (χ1n) is 16.3. The van der Waals surface area contributed by atoms with Crippen molar-refractivity contribution in [1.29, 1.82) is 0 Å². The average molecular weight is 672 g/mol. The Morgan fingerprint density at radius 3 is 2.70 bits per heavy atom. The van der Waals surface area contributed by atoms with Gasteiger partial charge in [-0.1, -0.05) is 32.4 Å². The summed E-state index contributed by atoms with van der Waals surface area (Å²) in [6.07, 6.45) is 3.77. The number of hydrogen-bond donors (Lipinski definition) is 2. The normalized spacial score (nSPS) is 35.5. The molecule has 1 aromatic heterocycles. The van der Waals surface area contributed by atoms with E-state index in [1.165, 1.54) is 7.11 Å². The number of aliphatic hydroxyl groups is 1. The molecular formula is C35H43F2N3O6S. The first kappa shape index (κ1) is 33.8. The van der Waals surface area contributed by atoms with Crippen molar-refractivity contribution < 1.29 is 37.7 Å². The Bertz CT molecular complexity index is 1630.